The molecule has 0 spiro atoms. The van der Waals surface area contributed by atoms with E-state index in [4.69, 9.17) is 21.6 Å². The number of aromatic nitrogens is 3. The highest BCUT2D eigenvalue weighted by molar-refractivity contribution is 6.34. The van der Waals surface area contributed by atoms with Gasteiger partial charge in [-0.2, -0.15) is 5.10 Å². The number of rotatable bonds is 6. The number of allylic oxidation sites excluding steroid dienone is 1. The third-order valence-corrected chi connectivity index (χ3v) is 12.9. The molecule has 7 heterocycles. The highest BCUT2D eigenvalue weighted by Gasteiger charge is 2.43. The quantitative estimate of drug-likeness (QED) is 0.229. The standard InChI is InChI=1S/C41H49ClN12O4/c1-24-30-23-44-40(47-37(30)54(27-6-4-5-7-27)39(57)36(24)25(2)55)45-34-9-8-28(22-43-34)50-13-10-26(11-14-50)51-16-18-52(19-17-51)33-21-32-29(20-31(33)42)38(48-49(32)3)53-15-12-35(56)46-41(53)58/h8-9,20-23,26-27,37,55H,4-7,10-19H2,1-3H3,(H,43,45,47)(H,46,56,58)/b36-25+. The Bertz CT molecular complexity index is 2270. The maximum atomic E-state index is 13.7. The number of guanidine groups is 1. The van der Waals surface area contributed by atoms with Crippen molar-refractivity contribution < 1.29 is 19.5 Å². The average Bonchev–Trinajstić information content (AvgIpc) is 3.86. The second-order valence-electron chi connectivity index (χ2n) is 16.1. The molecular weight excluding hydrogens is 760 g/mol. The lowest BCUT2D eigenvalue weighted by Crippen LogP contribution is -2.53. The number of anilines is 4. The molecule has 2 aromatic heterocycles. The van der Waals surface area contributed by atoms with E-state index in [1.54, 1.807) is 17.8 Å². The van der Waals surface area contributed by atoms with E-state index < -0.39 is 12.2 Å². The van der Waals surface area contributed by atoms with Crippen molar-refractivity contribution in [3.8, 4) is 0 Å². The molecular formula is C41H49ClN12O4. The molecule has 1 aromatic carbocycles. The van der Waals surface area contributed by atoms with Crippen molar-refractivity contribution in [3.63, 3.8) is 0 Å². The molecule has 0 bridgehead atoms. The van der Waals surface area contributed by atoms with E-state index in [1.165, 1.54) is 4.90 Å². The zero-order valence-corrected chi connectivity index (χ0v) is 33.9. The number of piperazine rings is 1. The summed E-state index contributed by atoms with van der Waals surface area (Å²) in [7, 11) is 1.86. The first kappa shape index (κ1) is 38.1. The number of imide groups is 1. The number of benzene rings is 1. The minimum Gasteiger partial charge on any atom is -0.512 e. The fourth-order valence-electron chi connectivity index (χ4n) is 9.54. The van der Waals surface area contributed by atoms with Crippen molar-refractivity contribution in [1.29, 1.82) is 0 Å². The predicted octanol–water partition coefficient (Wildman–Crippen LogP) is 4.97. The Morgan fingerprint density at radius 3 is 2.40 bits per heavy atom. The summed E-state index contributed by atoms with van der Waals surface area (Å²) in [4.78, 5) is 62.8. The van der Waals surface area contributed by atoms with E-state index in [-0.39, 0.29) is 36.6 Å². The van der Waals surface area contributed by atoms with Gasteiger partial charge in [0.1, 0.15) is 11.6 Å². The number of aliphatic hydroxyl groups is 1. The lowest BCUT2D eigenvalue weighted by atomic mass is 9.91. The zero-order chi connectivity index (χ0) is 40.2. The molecule has 4 amide bonds. The van der Waals surface area contributed by atoms with Gasteiger partial charge in [-0.1, -0.05) is 24.4 Å². The van der Waals surface area contributed by atoms with Gasteiger partial charge in [-0.3, -0.25) is 29.4 Å². The second kappa shape index (κ2) is 15.4. The Labute approximate surface area is 341 Å². The topological polar surface area (TPSA) is 167 Å². The van der Waals surface area contributed by atoms with Gasteiger partial charge in [0.2, 0.25) is 11.9 Å². The van der Waals surface area contributed by atoms with Crippen LogP contribution in [-0.4, -0.2) is 124 Å². The van der Waals surface area contributed by atoms with E-state index in [9.17, 15) is 19.5 Å². The van der Waals surface area contributed by atoms with E-state index >= 15 is 0 Å². The van der Waals surface area contributed by atoms with Crippen LogP contribution in [0.3, 0.4) is 0 Å². The number of halogens is 1. The summed E-state index contributed by atoms with van der Waals surface area (Å²) >= 11 is 6.89. The minimum absolute atomic E-state index is 0.0246. The van der Waals surface area contributed by atoms with Gasteiger partial charge in [-0.25, -0.2) is 19.8 Å². The molecule has 17 heteroatoms. The molecule has 58 heavy (non-hydrogen) atoms. The van der Waals surface area contributed by atoms with Crippen LogP contribution in [0.15, 0.2) is 62.9 Å². The van der Waals surface area contributed by atoms with Crippen molar-refractivity contribution in [2.45, 2.75) is 77.0 Å². The van der Waals surface area contributed by atoms with Gasteiger partial charge in [0.15, 0.2) is 12.0 Å². The number of aliphatic imine (C=N–C) groups is 2. The number of piperidine rings is 1. The number of carbonyl (C=O) groups is 3. The molecule has 6 aliphatic rings. The molecule has 4 fully saturated rings. The number of aliphatic hydroxyl groups excluding tert-OH is 1. The fourth-order valence-corrected chi connectivity index (χ4v) is 9.82. The number of hydrogen-bond acceptors (Lipinski definition) is 12. The van der Waals surface area contributed by atoms with Crippen LogP contribution in [0.25, 0.3) is 10.9 Å². The van der Waals surface area contributed by atoms with Crippen LogP contribution in [0.4, 0.5) is 27.8 Å². The Kier molecular flexibility index (Phi) is 10.1. The number of amides is 4. The van der Waals surface area contributed by atoms with Crippen LogP contribution in [0, 0.1) is 0 Å². The second-order valence-corrected chi connectivity index (χ2v) is 16.5. The Hall–Kier alpha value is -5.48. The predicted molar refractivity (Wildman–Crippen MR) is 225 cm³/mol. The van der Waals surface area contributed by atoms with Crippen molar-refractivity contribution in [2.75, 3.05) is 65.8 Å². The molecule has 3 N–H and O–H groups in total. The Morgan fingerprint density at radius 1 is 0.948 bits per heavy atom. The van der Waals surface area contributed by atoms with E-state index in [0.717, 1.165) is 111 Å². The molecule has 1 saturated carbocycles. The van der Waals surface area contributed by atoms with Crippen LogP contribution in [0.1, 0.15) is 58.8 Å². The largest absolute Gasteiger partial charge is 0.512 e. The lowest BCUT2D eigenvalue weighted by molar-refractivity contribution is -0.131. The van der Waals surface area contributed by atoms with Gasteiger partial charge in [0, 0.05) is 88.5 Å². The van der Waals surface area contributed by atoms with Crippen LogP contribution in [0.2, 0.25) is 5.02 Å². The van der Waals surface area contributed by atoms with Crippen LogP contribution in [-0.2, 0) is 16.6 Å². The van der Waals surface area contributed by atoms with Gasteiger partial charge < -0.3 is 25.1 Å². The zero-order valence-electron chi connectivity index (χ0n) is 33.1. The molecule has 0 radical (unpaired) electrons. The van der Waals surface area contributed by atoms with Crippen LogP contribution >= 0.6 is 11.6 Å². The third kappa shape index (κ3) is 6.95. The van der Waals surface area contributed by atoms with Gasteiger partial charge >= 0.3 is 6.03 Å². The molecule has 5 aliphatic heterocycles. The summed E-state index contributed by atoms with van der Waals surface area (Å²) < 4.78 is 1.77. The number of carbonyl (C=O) groups excluding carboxylic acids is 3. The fraction of sp³-hybridized carbons (Fsp3) is 0.488. The van der Waals surface area contributed by atoms with Gasteiger partial charge in [-0.15, -0.1) is 0 Å². The molecule has 9 rings (SSSR count). The molecule has 1 atom stereocenters. The average molecular weight is 809 g/mol. The SMILES string of the molecule is CC1=C2C=NC(Nc3ccc(N4CCC(N5CCN(c6cc7c(cc6Cl)c(N6CCC(=O)NC6=O)nn7C)CC5)CC4)cn3)=NC2N(C2CCCC2)C(=O)/C1=C(\C)O. The maximum Gasteiger partial charge on any atom is 0.329 e. The number of pyridine rings is 1. The van der Waals surface area contributed by atoms with Crippen molar-refractivity contribution in [1.82, 2.24) is 29.9 Å². The van der Waals surface area contributed by atoms with Gasteiger partial charge in [0.25, 0.3) is 5.91 Å². The van der Waals surface area contributed by atoms with E-state index in [0.29, 0.717) is 34.2 Å². The van der Waals surface area contributed by atoms with Crippen LogP contribution < -0.4 is 25.3 Å². The summed E-state index contributed by atoms with van der Waals surface area (Å²) in [6, 6.07) is 8.10. The lowest BCUT2D eigenvalue weighted by Gasteiger charge is -2.44. The number of urea groups is 1. The molecule has 1 unspecified atom stereocenters. The molecule has 3 aromatic rings. The first-order valence-corrected chi connectivity index (χ1v) is 20.7. The van der Waals surface area contributed by atoms with Crippen molar-refractivity contribution >= 4 is 75.5 Å². The highest BCUT2D eigenvalue weighted by atomic mass is 35.5. The summed E-state index contributed by atoms with van der Waals surface area (Å²) in [6.07, 6.45) is 9.52. The molecule has 1 aliphatic carbocycles. The van der Waals surface area contributed by atoms with Gasteiger partial charge in [0.05, 0.1) is 33.7 Å². The first-order valence-electron chi connectivity index (χ1n) is 20.3. The van der Waals surface area contributed by atoms with Crippen molar-refractivity contribution in [3.05, 3.63) is 58.0 Å². The number of nitrogens with one attached hydrogen (secondary N) is 2. The third-order valence-electron chi connectivity index (χ3n) is 12.6. The summed E-state index contributed by atoms with van der Waals surface area (Å²) in [5.41, 5.74) is 4.82. The number of fused-ring (bicyclic) bond motifs is 2. The number of hydrogen-bond donors (Lipinski definition) is 3. The Balaban J connectivity index is 0.797. The van der Waals surface area contributed by atoms with Crippen molar-refractivity contribution in [2.24, 2.45) is 17.0 Å². The summed E-state index contributed by atoms with van der Waals surface area (Å²) in [6.45, 7) is 9.17. The molecule has 16 nitrogen and oxygen atoms in total. The highest BCUT2D eigenvalue weighted by Crippen LogP contribution is 2.39. The summed E-state index contributed by atoms with van der Waals surface area (Å²) in [5, 5.41) is 22.1. The smallest absolute Gasteiger partial charge is 0.329 e. The van der Waals surface area contributed by atoms with Gasteiger partial charge in [-0.05, 0) is 69.4 Å². The number of aryl methyl sites for hydroxylation is 1. The number of nitrogens with zero attached hydrogens (tertiary/aromatic N) is 10. The maximum absolute atomic E-state index is 13.7. The molecule has 3 saturated heterocycles. The monoisotopic (exact) mass is 808 g/mol. The molecule has 304 valence electrons. The van der Waals surface area contributed by atoms with E-state index in [2.05, 4.69) is 47.6 Å². The first-order chi connectivity index (χ1) is 28.0. The van der Waals surface area contributed by atoms with E-state index in [1.807, 2.05) is 37.2 Å². The normalized spacial score (nSPS) is 23.6. The minimum atomic E-state index is -0.489. The Morgan fingerprint density at radius 2 is 1.71 bits per heavy atom. The van der Waals surface area contributed by atoms with Crippen LogP contribution in [0.5, 0.6) is 0 Å². The summed E-state index contributed by atoms with van der Waals surface area (Å²) in [5.74, 6) is 1.12.